The highest BCUT2D eigenvalue weighted by molar-refractivity contribution is 7.92. The van der Waals surface area contributed by atoms with Crippen molar-refractivity contribution in [3.63, 3.8) is 0 Å². The van der Waals surface area contributed by atoms with E-state index in [1.807, 2.05) is 6.92 Å². The third kappa shape index (κ3) is 8.47. The molecule has 5 amide bonds. The van der Waals surface area contributed by atoms with E-state index in [2.05, 4.69) is 41.0 Å². The van der Waals surface area contributed by atoms with Crippen LogP contribution in [0.1, 0.15) is 125 Å². The number of terminal acetylenes is 1. The third-order valence-electron chi connectivity index (χ3n) is 13.0. The molecular weight excluding hydrogens is 683 g/mol. The van der Waals surface area contributed by atoms with Crippen LogP contribution in [0.2, 0.25) is 0 Å². The van der Waals surface area contributed by atoms with Crippen molar-refractivity contribution in [1.82, 2.24) is 26.2 Å². The number of fused-ring (bicyclic) bond motifs is 1. The largest absolute Gasteiger partial charge is 0.344 e. The second-order valence-electron chi connectivity index (χ2n) is 18.3. The molecule has 1 saturated heterocycles. The van der Waals surface area contributed by atoms with Crippen molar-refractivity contribution in [2.45, 2.75) is 153 Å². The van der Waals surface area contributed by atoms with Crippen LogP contribution in [0.15, 0.2) is 0 Å². The van der Waals surface area contributed by atoms with E-state index in [1.165, 1.54) is 0 Å². The van der Waals surface area contributed by atoms with Gasteiger partial charge in [0.15, 0.2) is 9.84 Å². The van der Waals surface area contributed by atoms with Crippen LogP contribution in [0, 0.1) is 40.9 Å². The average Bonchev–Trinajstić information content (AvgIpc) is 3.92. The smallest absolute Gasteiger partial charge is 0.315 e. The molecule has 0 aromatic heterocycles. The van der Waals surface area contributed by atoms with Crippen molar-refractivity contribution in [1.29, 1.82) is 0 Å². The molecule has 4 N–H and O–H groups in total. The number of piperidine rings is 1. The van der Waals surface area contributed by atoms with Crippen molar-refractivity contribution < 1.29 is 32.4 Å². The van der Waals surface area contributed by atoms with Crippen LogP contribution in [-0.4, -0.2) is 90.1 Å². The molecule has 4 saturated carbocycles. The highest BCUT2D eigenvalue weighted by atomic mass is 32.2. The summed E-state index contributed by atoms with van der Waals surface area (Å²) in [6.07, 6.45) is 15.3. The SMILES string of the molecule is C#CCNC(=O)C(=O)C(CC1CC1)NC(=O)[C@@H]1C2C(CN1C(=O)[C@@H](NC(=O)NC1(CS(=O)(=O)C(C)(C)C)CCCCC1)C1(C)CCCCC1)C2(C)C. The average molecular weight is 744 g/mol. The second-order valence-corrected chi connectivity index (χ2v) is 21.1. The van der Waals surface area contributed by atoms with Gasteiger partial charge in [-0.1, -0.05) is 78.1 Å². The predicted molar refractivity (Wildman–Crippen MR) is 198 cm³/mol. The fourth-order valence-corrected chi connectivity index (χ4v) is 10.8. The Morgan fingerprint density at radius 3 is 2.06 bits per heavy atom. The Morgan fingerprint density at radius 2 is 1.50 bits per heavy atom. The molecule has 1 heterocycles. The van der Waals surface area contributed by atoms with E-state index in [0.717, 1.165) is 51.4 Å². The van der Waals surface area contributed by atoms with Gasteiger partial charge in [-0.2, -0.15) is 0 Å². The molecule has 4 aliphatic carbocycles. The zero-order valence-electron chi connectivity index (χ0n) is 32.1. The summed E-state index contributed by atoms with van der Waals surface area (Å²) in [5.74, 6) is -0.175. The minimum Gasteiger partial charge on any atom is -0.344 e. The molecule has 5 atom stereocenters. The Labute approximate surface area is 310 Å². The van der Waals surface area contributed by atoms with E-state index >= 15 is 0 Å². The number of nitrogens with zero attached hydrogens (tertiary/aromatic N) is 1. The number of carbonyl (C=O) groups is 5. The van der Waals surface area contributed by atoms with Crippen molar-refractivity contribution in [2.24, 2.45) is 28.6 Å². The number of urea groups is 1. The minimum absolute atomic E-state index is 0.0606. The number of rotatable bonds is 13. The van der Waals surface area contributed by atoms with Crippen molar-refractivity contribution in [2.75, 3.05) is 18.8 Å². The molecule has 1 aliphatic heterocycles. The fraction of sp³-hybridized carbons (Fsp3) is 0.821. The highest BCUT2D eigenvalue weighted by Crippen LogP contribution is 2.65. The normalized spacial score (nSPS) is 27.2. The molecule has 0 spiro atoms. The molecule has 5 aliphatic rings. The topological polar surface area (TPSA) is 171 Å². The van der Waals surface area contributed by atoms with Gasteiger partial charge >= 0.3 is 6.03 Å². The molecule has 3 unspecified atom stereocenters. The van der Waals surface area contributed by atoms with Gasteiger partial charge in [0.1, 0.15) is 12.1 Å². The van der Waals surface area contributed by atoms with Crippen molar-refractivity contribution in [3.8, 4) is 12.3 Å². The summed E-state index contributed by atoms with van der Waals surface area (Å²) < 4.78 is 25.9. The van der Waals surface area contributed by atoms with Gasteiger partial charge < -0.3 is 26.2 Å². The third-order valence-corrected chi connectivity index (χ3v) is 15.8. The molecular formula is C39H61N5O7S. The van der Waals surface area contributed by atoms with Gasteiger partial charge in [0.05, 0.1) is 28.6 Å². The first-order valence-electron chi connectivity index (χ1n) is 19.4. The lowest BCUT2D eigenvalue weighted by Gasteiger charge is -2.44. The van der Waals surface area contributed by atoms with E-state index in [0.29, 0.717) is 38.6 Å². The summed E-state index contributed by atoms with van der Waals surface area (Å²) in [4.78, 5) is 70.7. The molecule has 5 rings (SSSR count). The maximum absolute atomic E-state index is 14.9. The van der Waals surface area contributed by atoms with Crippen LogP contribution >= 0.6 is 0 Å². The van der Waals surface area contributed by atoms with E-state index in [1.54, 1.807) is 25.7 Å². The lowest BCUT2D eigenvalue weighted by molar-refractivity contribution is -0.146. The fourth-order valence-electron chi connectivity index (χ4n) is 9.24. The molecule has 0 aromatic rings. The number of ketones is 1. The molecule has 13 heteroatoms. The van der Waals surface area contributed by atoms with Crippen LogP contribution in [0.5, 0.6) is 0 Å². The van der Waals surface area contributed by atoms with Crippen LogP contribution in [-0.2, 0) is 29.0 Å². The Hall–Kier alpha value is -3.14. The van der Waals surface area contributed by atoms with Crippen molar-refractivity contribution in [3.05, 3.63) is 0 Å². The standard InChI is InChI=1S/C39H61N5O7S/c1-8-21-40-33(47)30(45)27(22-25-15-16-25)41-32(46)29-28-26(37(28,5)6)23-44(29)34(48)31(38(7)17-11-9-12-18-38)42-35(49)43-39(19-13-10-14-20-39)24-52(50,51)36(2,3)4/h1,25-29,31H,9-24H2,2-7H3,(H,40,47)(H,41,46)(H2,42,43,49)/t26?,27?,28?,29-,31+/m0/s1. The lowest BCUT2D eigenvalue weighted by Crippen LogP contribution is -2.65. The number of hydrogen-bond acceptors (Lipinski definition) is 7. The predicted octanol–water partition coefficient (Wildman–Crippen LogP) is 3.63. The first-order chi connectivity index (χ1) is 24.3. The van der Waals surface area contributed by atoms with E-state index in [4.69, 9.17) is 6.42 Å². The van der Waals surface area contributed by atoms with Gasteiger partial charge in [-0.3, -0.25) is 19.2 Å². The van der Waals surface area contributed by atoms with Gasteiger partial charge in [-0.25, -0.2) is 13.2 Å². The van der Waals surface area contributed by atoms with Crippen molar-refractivity contribution >= 4 is 39.4 Å². The van der Waals surface area contributed by atoms with Crippen LogP contribution in [0.4, 0.5) is 4.79 Å². The monoisotopic (exact) mass is 743 g/mol. The van der Waals surface area contributed by atoms with Gasteiger partial charge in [-0.05, 0) is 81.5 Å². The molecule has 290 valence electrons. The number of likely N-dealkylation sites (tertiary alicyclic amines) is 1. The molecule has 5 fully saturated rings. The summed E-state index contributed by atoms with van der Waals surface area (Å²) in [6.45, 7) is 11.4. The van der Waals surface area contributed by atoms with Gasteiger partial charge in [0, 0.05) is 6.54 Å². The van der Waals surface area contributed by atoms with Gasteiger partial charge in [0.2, 0.25) is 17.6 Å². The molecule has 0 aromatic carbocycles. The molecule has 0 radical (unpaired) electrons. The Kier molecular flexibility index (Phi) is 11.5. The number of carbonyl (C=O) groups excluding carboxylic acids is 5. The maximum Gasteiger partial charge on any atom is 0.315 e. The van der Waals surface area contributed by atoms with E-state index < -0.39 is 67.3 Å². The number of amides is 5. The Morgan fingerprint density at radius 1 is 0.904 bits per heavy atom. The molecule has 0 bridgehead atoms. The highest BCUT2D eigenvalue weighted by Gasteiger charge is 2.70. The minimum atomic E-state index is -3.57. The number of Topliss-reactive ketones (excluding diaryl/α,β-unsaturated/α-hetero) is 1. The Balaban J connectivity index is 1.40. The number of hydrogen-bond donors (Lipinski definition) is 4. The number of nitrogens with one attached hydrogen (secondary N) is 4. The second kappa shape index (κ2) is 14.9. The molecule has 12 nitrogen and oxygen atoms in total. The number of sulfone groups is 1. The lowest BCUT2D eigenvalue weighted by atomic mass is 9.70. The zero-order chi connectivity index (χ0) is 38.3. The maximum atomic E-state index is 14.9. The first-order valence-corrected chi connectivity index (χ1v) is 21.1. The summed E-state index contributed by atoms with van der Waals surface area (Å²) in [5, 5.41) is 11.4. The summed E-state index contributed by atoms with van der Waals surface area (Å²) in [6, 6.07) is -3.45. The van der Waals surface area contributed by atoms with Crippen LogP contribution < -0.4 is 21.3 Å². The summed E-state index contributed by atoms with van der Waals surface area (Å²) >= 11 is 0. The quantitative estimate of drug-likeness (QED) is 0.165. The van der Waals surface area contributed by atoms with E-state index in [9.17, 15) is 32.4 Å². The summed E-state index contributed by atoms with van der Waals surface area (Å²) in [7, 11) is -3.57. The Bertz CT molecular complexity index is 1560. The van der Waals surface area contributed by atoms with Crippen LogP contribution in [0.3, 0.4) is 0 Å². The first kappa shape index (κ1) is 40.1. The summed E-state index contributed by atoms with van der Waals surface area (Å²) in [5.41, 5.74) is -1.75. The van der Waals surface area contributed by atoms with Gasteiger partial charge in [-0.15, -0.1) is 6.42 Å². The zero-order valence-corrected chi connectivity index (χ0v) is 32.9. The van der Waals surface area contributed by atoms with E-state index in [-0.39, 0.29) is 41.4 Å². The van der Waals surface area contributed by atoms with Gasteiger partial charge in [0.25, 0.3) is 5.91 Å². The molecule has 52 heavy (non-hydrogen) atoms. The van der Waals surface area contributed by atoms with Crippen LogP contribution in [0.25, 0.3) is 0 Å².